The topological polar surface area (TPSA) is 25.2 Å². The summed E-state index contributed by atoms with van der Waals surface area (Å²) in [6, 6.07) is 51.4. The van der Waals surface area contributed by atoms with Crippen LogP contribution in [-0.2, 0) is 0 Å². The van der Waals surface area contributed by atoms with E-state index < -0.39 is 0 Å². The van der Waals surface area contributed by atoms with Crippen LogP contribution in [0, 0.1) is 0 Å². The van der Waals surface area contributed by atoms with E-state index in [1.807, 2.05) is 18.2 Å². The third-order valence-electron chi connectivity index (χ3n) is 7.85. The number of benzene rings is 7. The Balaban J connectivity index is 1.18. The molecular weight excluding hydrogens is 486 g/mol. The zero-order valence-corrected chi connectivity index (χ0v) is 21.8. The van der Waals surface area contributed by atoms with Gasteiger partial charge >= 0.3 is 0 Å². The number of rotatable bonds is 4. The predicted molar refractivity (Wildman–Crippen MR) is 169 cm³/mol. The lowest BCUT2D eigenvalue weighted by atomic mass is 9.97. The van der Waals surface area contributed by atoms with Gasteiger partial charge in [-0.05, 0) is 74.6 Å². The van der Waals surface area contributed by atoms with Gasteiger partial charge in [-0.25, -0.2) is 0 Å². The van der Waals surface area contributed by atoms with E-state index in [1.165, 1.54) is 32.7 Å². The maximum Gasteiger partial charge on any atom is 0.145 e. The van der Waals surface area contributed by atoms with Gasteiger partial charge in [0, 0.05) is 16.6 Å². The molecule has 0 saturated heterocycles. The van der Waals surface area contributed by atoms with Crippen LogP contribution < -0.4 is 5.32 Å². The fraction of sp³-hybridized carbons (Fsp3) is 0. The molecule has 0 aliphatic rings. The van der Waals surface area contributed by atoms with Crippen LogP contribution in [0.2, 0.25) is 0 Å². The van der Waals surface area contributed by atoms with Gasteiger partial charge in [0.05, 0.1) is 11.1 Å². The summed E-state index contributed by atoms with van der Waals surface area (Å²) in [5, 5.41) is 11.0. The molecule has 2 nitrogen and oxygen atoms in total. The fourth-order valence-corrected chi connectivity index (χ4v) is 5.86. The molecule has 2 heteroatoms. The minimum Gasteiger partial charge on any atom is -0.455 e. The molecule has 40 heavy (non-hydrogen) atoms. The van der Waals surface area contributed by atoms with E-state index in [4.69, 9.17) is 4.42 Å². The zero-order valence-electron chi connectivity index (χ0n) is 21.8. The van der Waals surface area contributed by atoms with Crippen molar-refractivity contribution < 1.29 is 4.42 Å². The summed E-state index contributed by atoms with van der Waals surface area (Å²) in [5.74, 6) is 0. The van der Waals surface area contributed by atoms with Crippen LogP contribution in [0.25, 0.3) is 65.7 Å². The molecule has 1 aromatic heterocycles. The van der Waals surface area contributed by atoms with Crippen LogP contribution in [-0.4, -0.2) is 0 Å². The predicted octanol–water partition coefficient (Wildman–Crippen LogP) is 11.0. The van der Waals surface area contributed by atoms with Crippen molar-refractivity contribution in [1.82, 2.24) is 0 Å². The largest absolute Gasteiger partial charge is 0.455 e. The molecule has 8 rings (SSSR count). The average Bonchev–Trinajstić information content (AvgIpc) is 3.42. The second-order valence-electron chi connectivity index (χ2n) is 10.3. The minimum absolute atomic E-state index is 0.892. The van der Waals surface area contributed by atoms with Gasteiger partial charge in [-0.15, -0.1) is 0 Å². The molecule has 188 valence electrons. The number of para-hydroxylation sites is 1. The van der Waals surface area contributed by atoms with Gasteiger partial charge in [-0.3, -0.25) is 0 Å². The van der Waals surface area contributed by atoms with Crippen molar-refractivity contribution in [3.05, 3.63) is 146 Å². The van der Waals surface area contributed by atoms with E-state index in [0.717, 1.165) is 44.4 Å². The first-order valence-corrected chi connectivity index (χ1v) is 13.6. The normalized spacial score (nSPS) is 11.5. The van der Waals surface area contributed by atoms with Crippen LogP contribution in [0.5, 0.6) is 0 Å². The minimum atomic E-state index is 0.892. The van der Waals surface area contributed by atoms with Gasteiger partial charge in [0.15, 0.2) is 0 Å². The summed E-state index contributed by atoms with van der Waals surface area (Å²) >= 11 is 0. The first kappa shape index (κ1) is 22.6. The van der Waals surface area contributed by atoms with Crippen LogP contribution in [0.1, 0.15) is 0 Å². The van der Waals surface area contributed by atoms with Gasteiger partial charge in [0.2, 0.25) is 0 Å². The lowest BCUT2D eigenvalue weighted by Crippen LogP contribution is -1.92. The molecule has 1 heterocycles. The second kappa shape index (κ2) is 9.14. The van der Waals surface area contributed by atoms with Gasteiger partial charge in [-0.2, -0.15) is 0 Å². The Hall–Kier alpha value is -5.34. The Morgan fingerprint density at radius 1 is 0.450 bits per heavy atom. The summed E-state index contributed by atoms with van der Waals surface area (Å²) in [4.78, 5) is 0. The Labute approximate surface area is 232 Å². The lowest BCUT2D eigenvalue weighted by molar-refractivity contribution is 0.670. The molecule has 0 saturated carbocycles. The molecule has 8 aromatic rings. The average molecular weight is 512 g/mol. The van der Waals surface area contributed by atoms with Gasteiger partial charge in [-0.1, -0.05) is 109 Å². The van der Waals surface area contributed by atoms with Gasteiger partial charge < -0.3 is 9.73 Å². The third kappa shape index (κ3) is 3.73. The van der Waals surface area contributed by atoms with E-state index in [0.29, 0.717) is 0 Å². The highest BCUT2D eigenvalue weighted by molar-refractivity contribution is 6.16. The van der Waals surface area contributed by atoms with E-state index in [9.17, 15) is 0 Å². The second-order valence-corrected chi connectivity index (χ2v) is 10.3. The molecular formula is C38H25NO. The molecule has 0 bridgehead atoms. The summed E-state index contributed by atoms with van der Waals surface area (Å²) in [7, 11) is 0. The Morgan fingerprint density at radius 2 is 1.12 bits per heavy atom. The smallest absolute Gasteiger partial charge is 0.145 e. The molecule has 0 spiro atoms. The van der Waals surface area contributed by atoms with Crippen LogP contribution in [0.15, 0.2) is 150 Å². The number of nitrogens with one attached hydrogen (secondary N) is 1. The molecule has 0 unspecified atom stereocenters. The number of furan rings is 1. The van der Waals surface area contributed by atoms with Crippen molar-refractivity contribution in [1.29, 1.82) is 0 Å². The Kier molecular flexibility index (Phi) is 5.17. The Bertz CT molecular complexity index is 2170. The van der Waals surface area contributed by atoms with Crippen molar-refractivity contribution in [2.75, 3.05) is 5.32 Å². The summed E-state index contributed by atoms with van der Waals surface area (Å²) in [6.07, 6.45) is 0. The van der Waals surface area contributed by atoms with E-state index >= 15 is 0 Å². The first-order valence-electron chi connectivity index (χ1n) is 13.6. The number of hydrogen-bond acceptors (Lipinski definition) is 2. The summed E-state index contributed by atoms with van der Waals surface area (Å²) in [6.45, 7) is 0. The highest BCUT2D eigenvalue weighted by Gasteiger charge is 2.16. The highest BCUT2D eigenvalue weighted by Crippen LogP contribution is 2.41. The van der Waals surface area contributed by atoms with Crippen molar-refractivity contribution in [3.63, 3.8) is 0 Å². The Morgan fingerprint density at radius 3 is 1.98 bits per heavy atom. The van der Waals surface area contributed by atoms with E-state index in [1.54, 1.807) is 0 Å². The van der Waals surface area contributed by atoms with Gasteiger partial charge in [0.25, 0.3) is 0 Å². The quantitative estimate of drug-likeness (QED) is 0.238. The standard InChI is InChI=1S/C38H25NO/c1-2-8-26(9-3-1)32-22-23-35(37-33-12-6-7-13-36(33)40-38(32)37)39-30-20-18-25(19-21-30)29-17-16-28-15-14-27-10-4-5-11-31(27)34(28)24-29/h1-24,39H. The van der Waals surface area contributed by atoms with Crippen molar-refractivity contribution in [2.24, 2.45) is 0 Å². The molecule has 0 atom stereocenters. The van der Waals surface area contributed by atoms with Crippen molar-refractivity contribution in [2.45, 2.75) is 0 Å². The van der Waals surface area contributed by atoms with Crippen LogP contribution >= 0.6 is 0 Å². The molecule has 0 radical (unpaired) electrons. The lowest BCUT2D eigenvalue weighted by Gasteiger charge is -2.12. The molecule has 0 aliphatic carbocycles. The number of anilines is 2. The van der Waals surface area contributed by atoms with Crippen molar-refractivity contribution >= 4 is 54.9 Å². The summed E-state index contributed by atoms with van der Waals surface area (Å²) < 4.78 is 6.42. The first-order chi connectivity index (χ1) is 19.8. The fourth-order valence-electron chi connectivity index (χ4n) is 5.86. The third-order valence-corrected chi connectivity index (χ3v) is 7.85. The molecule has 7 aromatic carbocycles. The number of fused-ring (bicyclic) bond motifs is 6. The van der Waals surface area contributed by atoms with E-state index in [-0.39, 0.29) is 0 Å². The SMILES string of the molecule is c1ccc(-c2ccc(Nc3ccc(-c4ccc5ccc6ccccc6c5c4)cc3)c3c2oc2ccccc23)cc1. The van der Waals surface area contributed by atoms with Gasteiger partial charge in [0.1, 0.15) is 11.2 Å². The van der Waals surface area contributed by atoms with Crippen LogP contribution in [0.4, 0.5) is 11.4 Å². The summed E-state index contributed by atoms with van der Waals surface area (Å²) in [5.41, 5.74) is 8.51. The molecule has 0 fully saturated rings. The maximum absolute atomic E-state index is 6.42. The maximum atomic E-state index is 6.42. The van der Waals surface area contributed by atoms with E-state index in [2.05, 4.69) is 133 Å². The van der Waals surface area contributed by atoms with Crippen LogP contribution in [0.3, 0.4) is 0 Å². The highest BCUT2D eigenvalue weighted by atomic mass is 16.3. The molecule has 0 aliphatic heterocycles. The monoisotopic (exact) mass is 511 g/mol. The van der Waals surface area contributed by atoms with Crippen molar-refractivity contribution in [3.8, 4) is 22.3 Å². The molecule has 1 N–H and O–H groups in total. The zero-order chi connectivity index (χ0) is 26.5. The molecule has 0 amide bonds. The number of hydrogen-bond donors (Lipinski definition) is 1.